The average molecular weight is 207 g/mol. The fourth-order valence-electron chi connectivity index (χ4n) is 2.05. The molecule has 1 fully saturated rings. The molecule has 1 aliphatic rings. The molecule has 3 heteroatoms. The minimum Gasteiger partial charge on any atom is -0.496 e. The molecule has 0 unspecified atom stereocenters. The van der Waals surface area contributed by atoms with Crippen molar-refractivity contribution in [1.82, 2.24) is 0 Å². The molecule has 0 spiro atoms. The first-order chi connectivity index (χ1) is 7.07. The van der Waals surface area contributed by atoms with Gasteiger partial charge in [-0.3, -0.25) is 0 Å². The maximum absolute atomic E-state index is 6.19. The van der Waals surface area contributed by atoms with Crippen LogP contribution in [-0.2, 0) is 10.3 Å². The second-order valence-corrected chi connectivity index (χ2v) is 4.29. The molecule has 0 radical (unpaired) electrons. The van der Waals surface area contributed by atoms with Crippen LogP contribution in [-0.4, -0.2) is 20.3 Å². The third-order valence-electron chi connectivity index (χ3n) is 2.96. The van der Waals surface area contributed by atoms with Gasteiger partial charge in [0.1, 0.15) is 5.75 Å². The lowest BCUT2D eigenvalue weighted by molar-refractivity contribution is -0.0569. The summed E-state index contributed by atoms with van der Waals surface area (Å²) in [7, 11) is 1.69. The summed E-state index contributed by atoms with van der Waals surface area (Å²) in [5, 5.41) is 0. The predicted octanol–water partition coefficient (Wildman–Crippen LogP) is 1.50. The highest BCUT2D eigenvalue weighted by atomic mass is 16.5. The van der Waals surface area contributed by atoms with Gasteiger partial charge in [0.15, 0.2) is 0 Å². The summed E-state index contributed by atoms with van der Waals surface area (Å²) in [6.07, 6.45) is 0. The topological polar surface area (TPSA) is 44.5 Å². The molecule has 3 nitrogen and oxygen atoms in total. The maximum Gasteiger partial charge on any atom is 0.124 e. The summed E-state index contributed by atoms with van der Waals surface area (Å²) in [5.41, 5.74) is 9.30. The van der Waals surface area contributed by atoms with Crippen molar-refractivity contribution in [2.24, 2.45) is 5.73 Å². The molecule has 0 aliphatic carbocycles. The number of nitrogens with two attached hydrogens (primary N) is 1. The first-order valence-corrected chi connectivity index (χ1v) is 5.09. The highest BCUT2D eigenvalue weighted by Crippen LogP contribution is 2.32. The number of benzene rings is 1. The van der Waals surface area contributed by atoms with Crippen LogP contribution >= 0.6 is 0 Å². The van der Waals surface area contributed by atoms with Crippen LogP contribution in [0.2, 0.25) is 0 Å². The van der Waals surface area contributed by atoms with E-state index >= 15 is 0 Å². The van der Waals surface area contributed by atoms with Gasteiger partial charge in [0, 0.05) is 0 Å². The molecular weight excluding hydrogens is 190 g/mol. The zero-order valence-corrected chi connectivity index (χ0v) is 9.46. The van der Waals surface area contributed by atoms with Crippen molar-refractivity contribution in [3.05, 3.63) is 28.8 Å². The Morgan fingerprint density at radius 1 is 1.27 bits per heavy atom. The molecule has 0 saturated carbocycles. The average Bonchev–Trinajstić information content (AvgIpc) is 2.13. The van der Waals surface area contributed by atoms with E-state index in [2.05, 4.69) is 12.1 Å². The molecule has 0 amide bonds. The van der Waals surface area contributed by atoms with Crippen molar-refractivity contribution in [2.75, 3.05) is 20.3 Å². The second kappa shape index (κ2) is 3.51. The first-order valence-electron chi connectivity index (χ1n) is 5.09. The van der Waals surface area contributed by atoms with Crippen LogP contribution in [0.15, 0.2) is 12.1 Å². The number of ether oxygens (including phenoxy) is 2. The lowest BCUT2D eigenvalue weighted by Crippen LogP contribution is -2.54. The summed E-state index contributed by atoms with van der Waals surface area (Å²) in [6.45, 7) is 5.30. The quantitative estimate of drug-likeness (QED) is 0.799. The SMILES string of the molecule is COc1c(C)cc(C2(N)COC2)cc1C. The van der Waals surface area contributed by atoms with Crippen molar-refractivity contribution in [2.45, 2.75) is 19.4 Å². The standard InChI is InChI=1S/C12H17NO2/c1-8-4-10(12(13)6-15-7-12)5-9(2)11(8)14-3/h4-5H,6-7,13H2,1-3H3. The minimum absolute atomic E-state index is 0.290. The fraction of sp³-hybridized carbons (Fsp3) is 0.500. The molecule has 82 valence electrons. The van der Waals surface area contributed by atoms with Gasteiger partial charge in [0.05, 0.1) is 25.9 Å². The van der Waals surface area contributed by atoms with Crippen molar-refractivity contribution >= 4 is 0 Å². The van der Waals surface area contributed by atoms with Crippen LogP contribution in [0.25, 0.3) is 0 Å². The number of hydrogen-bond acceptors (Lipinski definition) is 3. The Kier molecular flexibility index (Phi) is 2.44. The summed E-state index contributed by atoms with van der Waals surface area (Å²) in [6, 6.07) is 4.18. The zero-order valence-electron chi connectivity index (χ0n) is 9.46. The predicted molar refractivity (Wildman–Crippen MR) is 59.2 cm³/mol. The summed E-state index contributed by atoms with van der Waals surface area (Å²) < 4.78 is 10.5. The number of methoxy groups -OCH3 is 1. The molecule has 2 N–H and O–H groups in total. The molecule has 1 heterocycles. The van der Waals surface area contributed by atoms with Gasteiger partial charge >= 0.3 is 0 Å². The third-order valence-corrected chi connectivity index (χ3v) is 2.96. The van der Waals surface area contributed by atoms with Crippen molar-refractivity contribution in [3.8, 4) is 5.75 Å². The molecule has 0 bridgehead atoms. The Bertz CT molecular complexity index is 360. The molecule has 2 rings (SSSR count). The van der Waals surface area contributed by atoms with Crippen LogP contribution in [0.1, 0.15) is 16.7 Å². The highest BCUT2D eigenvalue weighted by Gasteiger charge is 2.36. The smallest absolute Gasteiger partial charge is 0.124 e. The normalized spacial score (nSPS) is 18.4. The number of aryl methyl sites for hydroxylation is 2. The fourth-order valence-corrected chi connectivity index (χ4v) is 2.05. The van der Waals surface area contributed by atoms with E-state index in [1.54, 1.807) is 7.11 Å². The van der Waals surface area contributed by atoms with E-state index in [0.29, 0.717) is 13.2 Å². The molecule has 15 heavy (non-hydrogen) atoms. The number of rotatable bonds is 2. The van der Waals surface area contributed by atoms with Gasteiger partial charge < -0.3 is 15.2 Å². The molecule has 0 aromatic heterocycles. The van der Waals surface area contributed by atoms with E-state index in [1.807, 2.05) is 13.8 Å². The van der Waals surface area contributed by atoms with E-state index in [0.717, 1.165) is 22.4 Å². The lowest BCUT2D eigenvalue weighted by Gasteiger charge is -2.38. The van der Waals surface area contributed by atoms with Crippen LogP contribution < -0.4 is 10.5 Å². The van der Waals surface area contributed by atoms with E-state index < -0.39 is 0 Å². The van der Waals surface area contributed by atoms with Crippen molar-refractivity contribution in [1.29, 1.82) is 0 Å². The monoisotopic (exact) mass is 207 g/mol. The van der Waals surface area contributed by atoms with Gasteiger partial charge in [-0.1, -0.05) is 12.1 Å². The Balaban J connectivity index is 2.43. The van der Waals surface area contributed by atoms with E-state index in [9.17, 15) is 0 Å². The highest BCUT2D eigenvalue weighted by molar-refractivity contribution is 5.45. The maximum atomic E-state index is 6.19. The summed E-state index contributed by atoms with van der Waals surface area (Å²) in [5.74, 6) is 0.947. The second-order valence-electron chi connectivity index (χ2n) is 4.29. The van der Waals surface area contributed by atoms with Gasteiger partial charge in [-0.05, 0) is 30.5 Å². The Hall–Kier alpha value is -1.06. The first kappa shape index (κ1) is 10.5. The van der Waals surface area contributed by atoms with Crippen molar-refractivity contribution < 1.29 is 9.47 Å². The molecule has 0 atom stereocenters. The summed E-state index contributed by atoms with van der Waals surface area (Å²) in [4.78, 5) is 0. The van der Waals surface area contributed by atoms with Crippen LogP contribution in [0, 0.1) is 13.8 Å². The number of hydrogen-bond donors (Lipinski definition) is 1. The molecule has 1 aromatic carbocycles. The summed E-state index contributed by atoms with van der Waals surface area (Å²) >= 11 is 0. The third kappa shape index (κ3) is 1.62. The molecule has 1 saturated heterocycles. The lowest BCUT2D eigenvalue weighted by atomic mass is 9.87. The Morgan fingerprint density at radius 3 is 2.13 bits per heavy atom. The molecule has 1 aliphatic heterocycles. The van der Waals surface area contributed by atoms with E-state index in [1.165, 1.54) is 0 Å². The van der Waals surface area contributed by atoms with Gasteiger partial charge in [0.25, 0.3) is 0 Å². The van der Waals surface area contributed by atoms with Crippen LogP contribution in [0.5, 0.6) is 5.75 Å². The van der Waals surface area contributed by atoms with Gasteiger partial charge in [-0.15, -0.1) is 0 Å². The largest absolute Gasteiger partial charge is 0.496 e. The molecule has 1 aromatic rings. The van der Waals surface area contributed by atoms with Crippen molar-refractivity contribution in [3.63, 3.8) is 0 Å². The minimum atomic E-state index is -0.290. The van der Waals surface area contributed by atoms with Crippen LogP contribution in [0.3, 0.4) is 0 Å². The van der Waals surface area contributed by atoms with Crippen LogP contribution in [0.4, 0.5) is 0 Å². The van der Waals surface area contributed by atoms with Gasteiger partial charge in [0.2, 0.25) is 0 Å². The Morgan fingerprint density at radius 2 is 1.80 bits per heavy atom. The molecular formula is C12H17NO2. The van der Waals surface area contributed by atoms with E-state index in [4.69, 9.17) is 15.2 Å². The van der Waals surface area contributed by atoms with Gasteiger partial charge in [-0.2, -0.15) is 0 Å². The van der Waals surface area contributed by atoms with Gasteiger partial charge in [-0.25, -0.2) is 0 Å². The zero-order chi connectivity index (χ0) is 11.1. The van der Waals surface area contributed by atoms with E-state index in [-0.39, 0.29) is 5.54 Å². The Labute approximate surface area is 90.2 Å².